The lowest BCUT2D eigenvalue weighted by molar-refractivity contribution is -0.116. The first-order valence-electron chi connectivity index (χ1n) is 6.14. The summed E-state index contributed by atoms with van der Waals surface area (Å²) in [5.74, 6) is 0.315. The number of nitrogens with one attached hydrogen (secondary N) is 1. The van der Waals surface area contributed by atoms with Crippen molar-refractivity contribution in [1.82, 2.24) is 4.98 Å². The molecule has 0 atom stereocenters. The minimum Gasteiger partial charge on any atom is -0.355 e. The van der Waals surface area contributed by atoms with E-state index in [4.69, 9.17) is 0 Å². The summed E-state index contributed by atoms with van der Waals surface area (Å²) in [5.41, 5.74) is 3.14. The van der Waals surface area contributed by atoms with E-state index >= 15 is 0 Å². The molecule has 1 aliphatic carbocycles. The summed E-state index contributed by atoms with van der Waals surface area (Å²) in [7, 11) is 0. The standard InChI is InChI=1S/C15H15NO/c17-15-8-4-2-6-12(15)10-13-9-11-5-1-3-7-14(11)16-13/h1,3,5,7,9-10,16H,2,4,6,8H2/b12-10+. The lowest BCUT2D eigenvalue weighted by atomic mass is 9.93. The molecule has 1 aliphatic rings. The van der Waals surface area contributed by atoms with Gasteiger partial charge in [0.25, 0.3) is 0 Å². The van der Waals surface area contributed by atoms with E-state index in [0.717, 1.165) is 36.0 Å². The Balaban J connectivity index is 1.98. The van der Waals surface area contributed by atoms with Gasteiger partial charge in [0.2, 0.25) is 0 Å². The molecular weight excluding hydrogens is 210 g/mol. The minimum atomic E-state index is 0.315. The summed E-state index contributed by atoms with van der Waals surface area (Å²) in [5, 5.41) is 1.20. The van der Waals surface area contributed by atoms with E-state index in [1.165, 1.54) is 5.39 Å². The van der Waals surface area contributed by atoms with E-state index in [1.54, 1.807) is 0 Å². The maximum Gasteiger partial charge on any atom is 0.158 e. The average molecular weight is 225 g/mol. The van der Waals surface area contributed by atoms with Crippen LogP contribution in [0.3, 0.4) is 0 Å². The van der Waals surface area contributed by atoms with Gasteiger partial charge in [-0.15, -0.1) is 0 Å². The summed E-state index contributed by atoms with van der Waals surface area (Å²) in [4.78, 5) is 15.1. The minimum absolute atomic E-state index is 0.315. The van der Waals surface area contributed by atoms with E-state index in [0.29, 0.717) is 12.2 Å². The zero-order chi connectivity index (χ0) is 11.7. The molecule has 0 unspecified atom stereocenters. The van der Waals surface area contributed by atoms with Gasteiger partial charge in [-0.3, -0.25) is 4.79 Å². The first kappa shape index (κ1) is 10.3. The number of carbonyl (C=O) groups excluding carboxylic acids is 1. The molecule has 0 saturated heterocycles. The molecule has 0 amide bonds. The highest BCUT2D eigenvalue weighted by Crippen LogP contribution is 2.23. The maximum absolute atomic E-state index is 11.7. The number of benzene rings is 1. The predicted molar refractivity (Wildman–Crippen MR) is 69.8 cm³/mol. The summed E-state index contributed by atoms with van der Waals surface area (Å²) < 4.78 is 0. The number of aromatic nitrogens is 1. The Morgan fingerprint density at radius 1 is 1.12 bits per heavy atom. The van der Waals surface area contributed by atoms with Crippen molar-refractivity contribution in [2.24, 2.45) is 0 Å². The highest BCUT2D eigenvalue weighted by molar-refractivity contribution is 6.00. The number of aromatic amines is 1. The fourth-order valence-corrected chi connectivity index (χ4v) is 2.41. The highest BCUT2D eigenvalue weighted by Gasteiger charge is 2.14. The van der Waals surface area contributed by atoms with Gasteiger partial charge in [-0.25, -0.2) is 0 Å². The van der Waals surface area contributed by atoms with Crippen LogP contribution in [0.5, 0.6) is 0 Å². The first-order valence-corrected chi connectivity index (χ1v) is 6.14. The number of H-pyrrole nitrogens is 1. The number of Topliss-reactive ketones (excluding diaryl/α,β-unsaturated/α-hetero) is 1. The number of para-hydroxylation sites is 1. The number of allylic oxidation sites excluding steroid dienone is 1. The SMILES string of the molecule is O=C1CCCC/C1=C\c1cc2ccccc2[nH]1. The number of carbonyl (C=O) groups is 1. The molecule has 0 aliphatic heterocycles. The Hall–Kier alpha value is -1.83. The van der Waals surface area contributed by atoms with Gasteiger partial charge in [-0.1, -0.05) is 18.2 Å². The molecule has 2 nitrogen and oxygen atoms in total. The Morgan fingerprint density at radius 3 is 2.76 bits per heavy atom. The molecule has 1 aromatic heterocycles. The Morgan fingerprint density at radius 2 is 1.94 bits per heavy atom. The number of hydrogen-bond acceptors (Lipinski definition) is 1. The maximum atomic E-state index is 11.7. The smallest absolute Gasteiger partial charge is 0.158 e. The zero-order valence-corrected chi connectivity index (χ0v) is 9.70. The van der Waals surface area contributed by atoms with Crippen LogP contribution in [0, 0.1) is 0 Å². The monoisotopic (exact) mass is 225 g/mol. The Kier molecular flexibility index (Phi) is 2.56. The molecule has 1 N–H and O–H groups in total. The van der Waals surface area contributed by atoms with Gasteiger partial charge in [0.1, 0.15) is 0 Å². The lowest BCUT2D eigenvalue weighted by Crippen LogP contribution is -2.07. The second kappa shape index (κ2) is 4.21. The first-order chi connectivity index (χ1) is 8.33. The van der Waals surface area contributed by atoms with Gasteiger partial charge in [-0.2, -0.15) is 0 Å². The summed E-state index contributed by atoms with van der Waals surface area (Å²) in [6.45, 7) is 0. The number of hydrogen-bond donors (Lipinski definition) is 1. The van der Waals surface area contributed by atoms with Crippen molar-refractivity contribution in [3.8, 4) is 0 Å². The molecule has 2 heteroatoms. The summed E-state index contributed by atoms with van der Waals surface area (Å²) >= 11 is 0. The van der Waals surface area contributed by atoms with Crippen molar-refractivity contribution in [1.29, 1.82) is 0 Å². The lowest BCUT2D eigenvalue weighted by Gasteiger charge is -2.11. The van der Waals surface area contributed by atoms with Crippen LogP contribution in [0.15, 0.2) is 35.9 Å². The third kappa shape index (κ3) is 2.03. The Labute approximate surface area is 100 Å². The number of ketones is 1. The normalized spacial score (nSPS) is 19.1. The van der Waals surface area contributed by atoms with Gasteiger partial charge in [0.05, 0.1) is 0 Å². The second-order valence-electron chi connectivity index (χ2n) is 4.61. The largest absolute Gasteiger partial charge is 0.355 e. The second-order valence-corrected chi connectivity index (χ2v) is 4.61. The predicted octanol–water partition coefficient (Wildman–Crippen LogP) is 3.69. The van der Waals surface area contributed by atoms with Crippen LogP contribution >= 0.6 is 0 Å². The molecule has 1 aromatic carbocycles. The fourth-order valence-electron chi connectivity index (χ4n) is 2.41. The third-order valence-electron chi connectivity index (χ3n) is 3.34. The molecule has 86 valence electrons. The third-order valence-corrected chi connectivity index (χ3v) is 3.34. The van der Waals surface area contributed by atoms with Crippen LogP contribution in [0.4, 0.5) is 0 Å². The molecule has 3 rings (SSSR count). The van der Waals surface area contributed by atoms with Crippen LogP contribution < -0.4 is 0 Å². The van der Waals surface area contributed by atoms with Crippen molar-refractivity contribution in [3.63, 3.8) is 0 Å². The summed E-state index contributed by atoms with van der Waals surface area (Å²) in [6.07, 6.45) is 5.84. The number of fused-ring (bicyclic) bond motifs is 1. The van der Waals surface area contributed by atoms with E-state index in [2.05, 4.69) is 23.2 Å². The molecule has 0 bridgehead atoms. The van der Waals surface area contributed by atoms with E-state index < -0.39 is 0 Å². The number of rotatable bonds is 1. The summed E-state index contributed by atoms with van der Waals surface area (Å²) in [6, 6.07) is 10.3. The zero-order valence-electron chi connectivity index (χ0n) is 9.70. The van der Waals surface area contributed by atoms with Gasteiger partial charge in [-0.05, 0) is 48.4 Å². The van der Waals surface area contributed by atoms with Gasteiger partial charge in [0.15, 0.2) is 5.78 Å². The molecule has 0 spiro atoms. The van der Waals surface area contributed by atoms with E-state index in [-0.39, 0.29) is 0 Å². The fraction of sp³-hybridized carbons (Fsp3) is 0.267. The van der Waals surface area contributed by atoms with Crippen LogP contribution in [-0.2, 0) is 4.79 Å². The molecule has 0 radical (unpaired) electrons. The molecule has 17 heavy (non-hydrogen) atoms. The van der Waals surface area contributed by atoms with Crippen molar-refractivity contribution in [2.45, 2.75) is 25.7 Å². The van der Waals surface area contributed by atoms with Crippen molar-refractivity contribution in [3.05, 3.63) is 41.6 Å². The molecule has 2 aromatic rings. The van der Waals surface area contributed by atoms with Crippen molar-refractivity contribution >= 4 is 22.8 Å². The van der Waals surface area contributed by atoms with Crippen molar-refractivity contribution < 1.29 is 4.79 Å². The van der Waals surface area contributed by atoms with E-state index in [9.17, 15) is 4.79 Å². The van der Waals surface area contributed by atoms with E-state index in [1.807, 2.05) is 18.2 Å². The van der Waals surface area contributed by atoms with Gasteiger partial charge < -0.3 is 4.98 Å². The van der Waals surface area contributed by atoms with Crippen LogP contribution in [0.1, 0.15) is 31.4 Å². The Bertz CT molecular complexity index is 559. The quantitative estimate of drug-likeness (QED) is 0.737. The topological polar surface area (TPSA) is 32.9 Å². The molecule has 1 saturated carbocycles. The molecule has 1 fully saturated rings. The molecular formula is C15H15NO. The van der Waals surface area contributed by atoms with Gasteiger partial charge in [0, 0.05) is 17.6 Å². The average Bonchev–Trinajstić information content (AvgIpc) is 2.74. The van der Waals surface area contributed by atoms with Crippen LogP contribution in [0.2, 0.25) is 0 Å². The van der Waals surface area contributed by atoms with Crippen molar-refractivity contribution in [2.75, 3.05) is 0 Å². The highest BCUT2D eigenvalue weighted by atomic mass is 16.1. The van der Waals surface area contributed by atoms with Gasteiger partial charge >= 0.3 is 0 Å². The van der Waals surface area contributed by atoms with Crippen LogP contribution in [-0.4, -0.2) is 10.8 Å². The van der Waals surface area contributed by atoms with Crippen LogP contribution in [0.25, 0.3) is 17.0 Å². The molecule has 1 heterocycles.